The van der Waals surface area contributed by atoms with E-state index in [-0.39, 0.29) is 17.6 Å². The lowest BCUT2D eigenvalue weighted by atomic mass is 9.83. The number of ether oxygens (including phenoxy) is 1. The van der Waals surface area contributed by atoms with Gasteiger partial charge in [0.05, 0.1) is 6.10 Å². The summed E-state index contributed by atoms with van der Waals surface area (Å²) in [4.78, 5) is 10.3. The average molecular weight is 241 g/mol. The third kappa shape index (κ3) is 4.11. The molecule has 0 aliphatic heterocycles. The van der Waals surface area contributed by atoms with Crippen LogP contribution in [0.25, 0.3) is 0 Å². The van der Waals surface area contributed by atoms with Gasteiger partial charge in [-0.05, 0) is 44.6 Å². The summed E-state index contributed by atoms with van der Waals surface area (Å²) in [6.45, 7) is 8.21. The number of allylic oxidation sites excluding steroid dienone is 1. The summed E-state index contributed by atoms with van der Waals surface area (Å²) in [5.74, 6) is 0.647. The summed E-state index contributed by atoms with van der Waals surface area (Å²) in [6.07, 6.45) is 3.35. The van der Waals surface area contributed by atoms with Crippen molar-refractivity contribution in [2.45, 2.75) is 59.1 Å². The monoisotopic (exact) mass is 241 g/mol. The molecule has 0 N–H and O–H groups in total. The highest BCUT2D eigenvalue weighted by Crippen LogP contribution is 2.32. The molecule has 4 nitrogen and oxygen atoms in total. The summed E-state index contributed by atoms with van der Waals surface area (Å²) >= 11 is 0. The van der Waals surface area contributed by atoms with E-state index in [4.69, 9.17) is 4.74 Å². The zero-order valence-electron chi connectivity index (χ0n) is 11.2. The standard InChI is InChI=1S/C13H23NO3/c1-9(2)12-6-5-10(3)7-13(12)17-8-11(4)14(15)16/h10-11,13H,5-8H2,1-4H3/t10-,11?,13?/m1/s1. The van der Waals surface area contributed by atoms with Crippen molar-refractivity contribution in [3.8, 4) is 0 Å². The topological polar surface area (TPSA) is 52.4 Å². The summed E-state index contributed by atoms with van der Waals surface area (Å²) in [7, 11) is 0. The van der Waals surface area contributed by atoms with E-state index in [2.05, 4.69) is 20.8 Å². The Morgan fingerprint density at radius 3 is 2.76 bits per heavy atom. The summed E-state index contributed by atoms with van der Waals surface area (Å²) in [6, 6.07) is -0.620. The van der Waals surface area contributed by atoms with Crippen molar-refractivity contribution in [3.63, 3.8) is 0 Å². The SMILES string of the molecule is CC(C)=C1CC[C@@H](C)CC1OCC(C)[N+](=O)[O-]. The molecule has 0 aromatic rings. The van der Waals surface area contributed by atoms with Crippen molar-refractivity contribution in [1.82, 2.24) is 0 Å². The van der Waals surface area contributed by atoms with Crippen LogP contribution in [0.3, 0.4) is 0 Å². The quantitative estimate of drug-likeness (QED) is 0.431. The fourth-order valence-corrected chi connectivity index (χ4v) is 2.25. The minimum Gasteiger partial charge on any atom is -0.367 e. The normalized spacial score (nSPS) is 26.7. The van der Waals surface area contributed by atoms with E-state index in [1.165, 1.54) is 17.6 Å². The molecule has 0 spiro atoms. The van der Waals surface area contributed by atoms with Crippen molar-refractivity contribution in [2.75, 3.05) is 6.61 Å². The molecule has 0 bridgehead atoms. The predicted molar refractivity (Wildman–Crippen MR) is 67.6 cm³/mol. The van der Waals surface area contributed by atoms with E-state index >= 15 is 0 Å². The van der Waals surface area contributed by atoms with Crippen molar-refractivity contribution in [1.29, 1.82) is 0 Å². The van der Waals surface area contributed by atoms with Crippen molar-refractivity contribution >= 4 is 0 Å². The van der Waals surface area contributed by atoms with Crippen LogP contribution in [0.4, 0.5) is 0 Å². The third-order valence-electron chi connectivity index (χ3n) is 3.45. The summed E-state index contributed by atoms with van der Waals surface area (Å²) in [5, 5.41) is 10.6. The maximum atomic E-state index is 10.6. The Kier molecular flexibility index (Phi) is 5.12. The van der Waals surface area contributed by atoms with Crippen LogP contribution in [-0.2, 0) is 4.74 Å². The average Bonchev–Trinajstić information content (AvgIpc) is 2.25. The van der Waals surface area contributed by atoms with Gasteiger partial charge in [0.1, 0.15) is 6.61 Å². The van der Waals surface area contributed by atoms with Crippen LogP contribution in [0.5, 0.6) is 0 Å². The Labute approximate surface area is 103 Å². The summed E-state index contributed by atoms with van der Waals surface area (Å²) < 4.78 is 5.75. The lowest BCUT2D eigenvalue weighted by molar-refractivity contribution is -0.522. The Morgan fingerprint density at radius 2 is 2.24 bits per heavy atom. The van der Waals surface area contributed by atoms with E-state index < -0.39 is 6.04 Å². The predicted octanol–water partition coefficient (Wildman–Crippen LogP) is 3.19. The zero-order valence-corrected chi connectivity index (χ0v) is 11.2. The first kappa shape index (κ1) is 14.2. The minimum atomic E-state index is -0.620. The van der Waals surface area contributed by atoms with Crippen molar-refractivity contribution in [2.24, 2.45) is 5.92 Å². The van der Waals surface area contributed by atoms with Gasteiger partial charge in [0.25, 0.3) is 0 Å². The Hall–Kier alpha value is -0.900. The second kappa shape index (κ2) is 6.15. The molecule has 4 heteroatoms. The highest BCUT2D eigenvalue weighted by molar-refractivity contribution is 5.17. The largest absolute Gasteiger partial charge is 0.367 e. The second-order valence-electron chi connectivity index (χ2n) is 5.36. The van der Waals surface area contributed by atoms with Gasteiger partial charge in [-0.3, -0.25) is 10.1 Å². The first-order chi connectivity index (χ1) is 7.91. The molecule has 17 heavy (non-hydrogen) atoms. The molecule has 0 saturated heterocycles. The second-order valence-corrected chi connectivity index (χ2v) is 5.36. The van der Waals surface area contributed by atoms with E-state index in [1.54, 1.807) is 6.92 Å². The molecule has 0 radical (unpaired) electrons. The molecule has 0 amide bonds. The number of hydrogen-bond donors (Lipinski definition) is 0. The first-order valence-corrected chi connectivity index (χ1v) is 6.33. The minimum absolute atomic E-state index is 0.0890. The van der Waals surface area contributed by atoms with Crippen LogP contribution in [0.15, 0.2) is 11.1 Å². The number of nitro groups is 1. The summed E-state index contributed by atoms with van der Waals surface area (Å²) in [5.41, 5.74) is 2.65. The smallest absolute Gasteiger partial charge is 0.233 e. The van der Waals surface area contributed by atoms with Gasteiger partial charge in [-0.2, -0.15) is 0 Å². The fourth-order valence-electron chi connectivity index (χ4n) is 2.25. The molecule has 1 saturated carbocycles. The molecule has 2 unspecified atom stereocenters. The number of hydrogen-bond acceptors (Lipinski definition) is 3. The van der Waals surface area contributed by atoms with E-state index in [0.717, 1.165) is 12.8 Å². The van der Waals surface area contributed by atoms with Gasteiger partial charge in [0.2, 0.25) is 6.04 Å². The molecule has 3 atom stereocenters. The third-order valence-corrected chi connectivity index (χ3v) is 3.45. The van der Waals surface area contributed by atoms with Crippen LogP contribution in [0.1, 0.15) is 47.0 Å². The molecule has 1 aliphatic rings. The van der Waals surface area contributed by atoms with E-state index in [0.29, 0.717) is 5.92 Å². The van der Waals surface area contributed by atoms with E-state index in [9.17, 15) is 10.1 Å². The van der Waals surface area contributed by atoms with Crippen LogP contribution in [0, 0.1) is 16.0 Å². The highest BCUT2D eigenvalue weighted by atomic mass is 16.6. The lowest BCUT2D eigenvalue weighted by Crippen LogP contribution is -2.30. The van der Waals surface area contributed by atoms with Crippen LogP contribution >= 0.6 is 0 Å². The maximum Gasteiger partial charge on any atom is 0.233 e. The van der Waals surface area contributed by atoms with Gasteiger partial charge in [-0.1, -0.05) is 12.5 Å². The number of rotatable bonds is 4. The fraction of sp³-hybridized carbons (Fsp3) is 0.846. The van der Waals surface area contributed by atoms with Crippen molar-refractivity contribution < 1.29 is 9.66 Å². The highest BCUT2D eigenvalue weighted by Gasteiger charge is 2.26. The molecule has 1 fully saturated rings. The Morgan fingerprint density at radius 1 is 1.59 bits per heavy atom. The molecular formula is C13H23NO3. The lowest BCUT2D eigenvalue weighted by Gasteiger charge is -2.31. The molecule has 0 aromatic heterocycles. The molecular weight excluding hydrogens is 218 g/mol. The van der Waals surface area contributed by atoms with Gasteiger partial charge < -0.3 is 4.74 Å². The van der Waals surface area contributed by atoms with Gasteiger partial charge >= 0.3 is 0 Å². The maximum absolute atomic E-state index is 10.6. The van der Waals surface area contributed by atoms with Gasteiger partial charge in [-0.25, -0.2) is 0 Å². The molecule has 1 rings (SSSR count). The van der Waals surface area contributed by atoms with Crippen LogP contribution in [-0.4, -0.2) is 23.7 Å². The van der Waals surface area contributed by atoms with Gasteiger partial charge in [-0.15, -0.1) is 0 Å². The molecule has 98 valence electrons. The van der Waals surface area contributed by atoms with Crippen LogP contribution < -0.4 is 0 Å². The van der Waals surface area contributed by atoms with Gasteiger partial charge in [0.15, 0.2) is 0 Å². The molecule has 1 aliphatic carbocycles. The first-order valence-electron chi connectivity index (χ1n) is 6.33. The molecule has 0 aromatic carbocycles. The van der Waals surface area contributed by atoms with Crippen LogP contribution in [0.2, 0.25) is 0 Å². The van der Waals surface area contributed by atoms with Crippen molar-refractivity contribution in [3.05, 3.63) is 21.3 Å². The van der Waals surface area contributed by atoms with Gasteiger partial charge in [0, 0.05) is 11.8 Å². The van der Waals surface area contributed by atoms with E-state index in [1.807, 2.05) is 0 Å². The zero-order chi connectivity index (χ0) is 13.0. The Bertz CT molecular complexity index is 308. The Balaban J connectivity index is 2.59. The molecule has 0 heterocycles. The number of nitrogens with zero attached hydrogens (tertiary/aromatic N) is 1.